The summed E-state index contributed by atoms with van der Waals surface area (Å²) in [5, 5.41) is 10.9. The molecule has 102 valence electrons. The highest BCUT2D eigenvalue weighted by atomic mass is 16.6. The summed E-state index contributed by atoms with van der Waals surface area (Å²) in [6.07, 6.45) is 0. The minimum atomic E-state index is -0.822. The van der Waals surface area contributed by atoms with Crippen LogP contribution >= 0.6 is 0 Å². The Morgan fingerprint density at radius 2 is 1.84 bits per heavy atom. The van der Waals surface area contributed by atoms with Gasteiger partial charge in [-0.1, -0.05) is 6.07 Å². The molecule has 0 aliphatic carbocycles. The van der Waals surface area contributed by atoms with E-state index in [0.717, 1.165) is 0 Å². The van der Waals surface area contributed by atoms with Gasteiger partial charge in [0.1, 0.15) is 0 Å². The molecule has 6 nitrogen and oxygen atoms in total. The number of esters is 1. The number of Topliss-reactive ketones (excluding diaryl/α,β-unsaturated/α-hetero) is 1. The number of nitro groups is 1. The fourth-order valence-electron chi connectivity index (χ4n) is 1.30. The summed E-state index contributed by atoms with van der Waals surface area (Å²) in [6, 6.07) is 3.96. The van der Waals surface area contributed by atoms with Crippen LogP contribution in [0.2, 0.25) is 0 Å². The number of nitro benzene ring substituents is 1. The summed E-state index contributed by atoms with van der Waals surface area (Å²) in [6.45, 7) is 6.13. The number of hydrogen-bond donors (Lipinski definition) is 0. The van der Waals surface area contributed by atoms with Crippen LogP contribution in [0.3, 0.4) is 0 Å². The van der Waals surface area contributed by atoms with Gasteiger partial charge in [-0.2, -0.15) is 0 Å². The Morgan fingerprint density at radius 1 is 1.26 bits per heavy atom. The number of para-hydroxylation sites is 1. The van der Waals surface area contributed by atoms with Crippen LogP contribution in [0.4, 0.5) is 5.69 Å². The third-order valence-corrected chi connectivity index (χ3v) is 2.38. The van der Waals surface area contributed by atoms with Crippen molar-refractivity contribution in [3.63, 3.8) is 0 Å². The maximum Gasteiger partial charge on any atom is 0.316 e. The zero-order valence-corrected chi connectivity index (χ0v) is 11.2. The molecule has 0 bridgehead atoms. The SMILES string of the molecule is CC(=O)c1cccc([N+](=O)[O-])c1OC(=O)C(C)(C)C. The molecule has 1 aromatic carbocycles. The quantitative estimate of drug-likeness (QED) is 0.276. The number of carbonyl (C=O) groups excluding carboxylic acids is 2. The van der Waals surface area contributed by atoms with E-state index in [2.05, 4.69) is 0 Å². The van der Waals surface area contributed by atoms with E-state index in [-0.39, 0.29) is 11.3 Å². The average Bonchev–Trinajstić information content (AvgIpc) is 2.27. The summed E-state index contributed by atoms with van der Waals surface area (Å²) < 4.78 is 5.06. The van der Waals surface area contributed by atoms with Gasteiger partial charge >= 0.3 is 11.7 Å². The molecule has 0 unspecified atom stereocenters. The summed E-state index contributed by atoms with van der Waals surface area (Å²) >= 11 is 0. The third kappa shape index (κ3) is 3.37. The molecule has 0 amide bonds. The summed E-state index contributed by atoms with van der Waals surface area (Å²) in [5.41, 5.74) is -1.20. The van der Waals surface area contributed by atoms with E-state index in [0.29, 0.717) is 0 Å². The number of hydrogen-bond acceptors (Lipinski definition) is 5. The second kappa shape index (κ2) is 5.17. The molecule has 0 atom stereocenters. The first-order valence-electron chi connectivity index (χ1n) is 5.65. The number of carbonyl (C=O) groups is 2. The van der Waals surface area contributed by atoms with Crippen LogP contribution in [0.5, 0.6) is 5.75 Å². The standard InChI is InChI=1S/C13H15NO5/c1-8(15)9-6-5-7-10(14(17)18)11(9)19-12(16)13(2,3)4/h5-7H,1-4H3. The summed E-state index contributed by atoms with van der Waals surface area (Å²) in [4.78, 5) is 33.5. The molecular formula is C13H15NO5. The molecule has 1 rings (SSSR count). The van der Waals surface area contributed by atoms with Crippen LogP contribution in [0, 0.1) is 15.5 Å². The second-order valence-corrected chi connectivity index (χ2v) is 5.11. The summed E-state index contributed by atoms with van der Waals surface area (Å²) in [5.74, 6) is -1.33. The Hall–Kier alpha value is -2.24. The zero-order chi connectivity index (χ0) is 14.8. The van der Waals surface area contributed by atoms with E-state index < -0.39 is 27.8 Å². The smallest absolute Gasteiger partial charge is 0.316 e. The Bertz CT molecular complexity index is 510. The monoisotopic (exact) mass is 265 g/mol. The van der Waals surface area contributed by atoms with Gasteiger partial charge in [0.15, 0.2) is 5.78 Å². The lowest BCUT2D eigenvalue weighted by molar-refractivity contribution is -0.385. The van der Waals surface area contributed by atoms with E-state index in [1.165, 1.54) is 25.1 Å². The van der Waals surface area contributed by atoms with Crippen molar-refractivity contribution in [3.8, 4) is 5.75 Å². The van der Waals surface area contributed by atoms with Crippen LogP contribution in [0.15, 0.2) is 18.2 Å². The normalized spacial score (nSPS) is 10.9. The highest BCUT2D eigenvalue weighted by molar-refractivity contribution is 5.99. The number of benzene rings is 1. The zero-order valence-electron chi connectivity index (χ0n) is 11.2. The Morgan fingerprint density at radius 3 is 2.26 bits per heavy atom. The van der Waals surface area contributed by atoms with E-state index in [1.807, 2.05) is 0 Å². The third-order valence-electron chi connectivity index (χ3n) is 2.38. The van der Waals surface area contributed by atoms with Crippen LogP contribution in [0.25, 0.3) is 0 Å². The molecule has 6 heteroatoms. The number of nitrogens with zero attached hydrogens (tertiary/aromatic N) is 1. The fourth-order valence-corrected chi connectivity index (χ4v) is 1.30. The predicted octanol–water partition coefficient (Wildman–Crippen LogP) is 2.75. The van der Waals surface area contributed by atoms with Crippen LogP contribution in [0.1, 0.15) is 38.1 Å². The average molecular weight is 265 g/mol. The molecule has 0 saturated heterocycles. The lowest BCUT2D eigenvalue weighted by Gasteiger charge is -2.17. The van der Waals surface area contributed by atoms with Crippen molar-refractivity contribution in [2.24, 2.45) is 5.41 Å². The Balaban J connectivity index is 3.34. The largest absolute Gasteiger partial charge is 0.418 e. The molecule has 0 heterocycles. The van der Waals surface area contributed by atoms with Crippen molar-refractivity contribution >= 4 is 17.4 Å². The molecule has 0 aromatic heterocycles. The molecule has 0 aliphatic rings. The van der Waals surface area contributed by atoms with Gasteiger partial charge in [0.25, 0.3) is 0 Å². The molecule has 0 saturated carbocycles. The van der Waals surface area contributed by atoms with Crippen molar-refractivity contribution in [2.75, 3.05) is 0 Å². The van der Waals surface area contributed by atoms with Crippen LogP contribution < -0.4 is 4.74 Å². The summed E-state index contributed by atoms with van der Waals surface area (Å²) in [7, 11) is 0. The molecule has 19 heavy (non-hydrogen) atoms. The maximum atomic E-state index is 11.8. The van der Waals surface area contributed by atoms with E-state index in [9.17, 15) is 19.7 Å². The molecular weight excluding hydrogens is 250 g/mol. The first-order valence-corrected chi connectivity index (χ1v) is 5.65. The maximum absolute atomic E-state index is 11.8. The Kier molecular flexibility index (Phi) is 4.04. The molecule has 0 fully saturated rings. The molecule has 0 N–H and O–H groups in total. The minimum Gasteiger partial charge on any atom is -0.418 e. The van der Waals surface area contributed by atoms with Gasteiger partial charge in [0, 0.05) is 6.07 Å². The minimum absolute atomic E-state index is 0.0202. The van der Waals surface area contributed by atoms with Crippen molar-refractivity contribution in [3.05, 3.63) is 33.9 Å². The van der Waals surface area contributed by atoms with Crippen molar-refractivity contribution < 1.29 is 19.2 Å². The molecule has 1 aromatic rings. The van der Waals surface area contributed by atoms with Crippen molar-refractivity contribution in [2.45, 2.75) is 27.7 Å². The molecule has 0 aliphatic heterocycles. The van der Waals surface area contributed by atoms with Gasteiger partial charge in [-0.3, -0.25) is 19.7 Å². The lowest BCUT2D eigenvalue weighted by Crippen LogP contribution is -2.26. The predicted molar refractivity (Wildman–Crippen MR) is 68.2 cm³/mol. The number of ether oxygens (including phenoxy) is 1. The van der Waals surface area contributed by atoms with Gasteiger partial charge in [0.05, 0.1) is 15.9 Å². The second-order valence-electron chi connectivity index (χ2n) is 5.11. The van der Waals surface area contributed by atoms with Gasteiger partial charge in [-0.25, -0.2) is 0 Å². The first kappa shape index (κ1) is 14.8. The molecule has 0 spiro atoms. The van der Waals surface area contributed by atoms with Crippen molar-refractivity contribution in [1.29, 1.82) is 0 Å². The van der Waals surface area contributed by atoms with Gasteiger partial charge < -0.3 is 4.74 Å². The van der Waals surface area contributed by atoms with E-state index >= 15 is 0 Å². The molecule has 0 radical (unpaired) electrons. The van der Waals surface area contributed by atoms with Gasteiger partial charge in [0.2, 0.25) is 5.75 Å². The number of ketones is 1. The van der Waals surface area contributed by atoms with Crippen LogP contribution in [-0.2, 0) is 4.79 Å². The highest BCUT2D eigenvalue weighted by Crippen LogP contribution is 2.33. The topological polar surface area (TPSA) is 86.5 Å². The van der Waals surface area contributed by atoms with E-state index in [4.69, 9.17) is 4.74 Å². The Labute approximate surface area is 110 Å². The fraction of sp³-hybridized carbons (Fsp3) is 0.385. The van der Waals surface area contributed by atoms with Crippen molar-refractivity contribution in [1.82, 2.24) is 0 Å². The van der Waals surface area contributed by atoms with Crippen LogP contribution in [-0.4, -0.2) is 16.7 Å². The van der Waals surface area contributed by atoms with Gasteiger partial charge in [-0.05, 0) is 33.8 Å². The highest BCUT2D eigenvalue weighted by Gasteiger charge is 2.29. The van der Waals surface area contributed by atoms with Gasteiger partial charge in [-0.15, -0.1) is 0 Å². The number of rotatable bonds is 3. The van der Waals surface area contributed by atoms with E-state index in [1.54, 1.807) is 20.8 Å². The lowest BCUT2D eigenvalue weighted by atomic mass is 9.97. The first-order chi connectivity index (χ1) is 8.64.